The lowest BCUT2D eigenvalue weighted by atomic mass is 9.96. The molecule has 1 atom stereocenters. The highest BCUT2D eigenvalue weighted by Gasteiger charge is 2.26. The van der Waals surface area contributed by atoms with Crippen molar-refractivity contribution in [1.82, 2.24) is 0 Å². The number of rotatable bonds is 4. The molecule has 5 heteroatoms. The molecule has 0 aliphatic heterocycles. The quantitative estimate of drug-likeness (QED) is 0.602. The van der Waals surface area contributed by atoms with Crippen LogP contribution in [0.4, 0.5) is 13.2 Å². The van der Waals surface area contributed by atoms with Gasteiger partial charge in [0.2, 0.25) is 0 Å². The van der Waals surface area contributed by atoms with Crippen LogP contribution < -0.4 is 0 Å². The first-order chi connectivity index (χ1) is 8.02. The summed E-state index contributed by atoms with van der Waals surface area (Å²) < 4.78 is 44.0. The minimum absolute atomic E-state index is 0.153. The molecule has 1 aromatic rings. The molecule has 0 heterocycles. The molecule has 17 heavy (non-hydrogen) atoms. The average molecular weight is 246 g/mol. The van der Waals surface area contributed by atoms with Gasteiger partial charge in [-0.05, 0) is 19.4 Å². The Morgan fingerprint density at radius 3 is 2.41 bits per heavy atom. The van der Waals surface area contributed by atoms with Crippen molar-refractivity contribution in [2.75, 3.05) is 6.61 Å². The number of ether oxygens (including phenoxy) is 1. The van der Waals surface area contributed by atoms with Crippen molar-refractivity contribution in [3.63, 3.8) is 0 Å². The number of hydrogen-bond acceptors (Lipinski definition) is 2. The number of hydrogen-bond donors (Lipinski definition) is 0. The van der Waals surface area contributed by atoms with Crippen LogP contribution in [0.5, 0.6) is 0 Å². The Balaban J connectivity index is 3.13. The van der Waals surface area contributed by atoms with Gasteiger partial charge in [0.25, 0.3) is 0 Å². The third-order valence-electron chi connectivity index (χ3n) is 2.42. The lowest BCUT2D eigenvalue weighted by molar-refractivity contribution is -0.145. The molecular formula is C12H13F3O2. The third kappa shape index (κ3) is 2.78. The van der Waals surface area contributed by atoms with E-state index in [0.29, 0.717) is 0 Å². The molecule has 0 saturated carbocycles. The molecule has 0 fully saturated rings. The molecule has 1 aromatic carbocycles. The minimum atomic E-state index is -1.56. The van der Waals surface area contributed by atoms with Gasteiger partial charge >= 0.3 is 5.97 Å². The number of halogens is 3. The van der Waals surface area contributed by atoms with Crippen molar-refractivity contribution >= 4 is 5.97 Å². The molecule has 1 unspecified atom stereocenters. The molecule has 0 amide bonds. The molecule has 0 spiro atoms. The Labute approximate surface area is 97.4 Å². The number of esters is 1. The van der Waals surface area contributed by atoms with Crippen molar-refractivity contribution in [3.8, 4) is 0 Å². The Bertz CT molecular complexity index is 418. The van der Waals surface area contributed by atoms with Crippen LogP contribution in [0.2, 0.25) is 0 Å². The lowest BCUT2D eigenvalue weighted by Gasteiger charge is -2.14. The highest BCUT2D eigenvalue weighted by Crippen LogP contribution is 2.26. The monoisotopic (exact) mass is 246 g/mol. The summed E-state index contributed by atoms with van der Waals surface area (Å²) in [4.78, 5) is 11.5. The summed E-state index contributed by atoms with van der Waals surface area (Å²) in [6.45, 7) is 3.41. The first-order valence-electron chi connectivity index (χ1n) is 5.32. The van der Waals surface area contributed by atoms with Crippen LogP contribution in [0, 0.1) is 17.5 Å². The zero-order chi connectivity index (χ0) is 13.0. The molecule has 0 N–H and O–H groups in total. The lowest BCUT2D eigenvalue weighted by Crippen LogP contribution is -2.17. The highest BCUT2D eigenvalue weighted by atomic mass is 19.2. The molecule has 1 rings (SSSR count). The van der Waals surface area contributed by atoms with E-state index in [1.165, 1.54) is 0 Å². The zero-order valence-electron chi connectivity index (χ0n) is 9.60. The standard InChI is InChI=1S/C12H13F3O2/c1-3-7(12(16)17-4-2)8-5-6-9(13)11(15)10(8)14/h5-7H,3-4H2,1-2H3. The predicted octanol–water partition coefficient (Wildman–Crippen LogP) is 3.16. The Hall–Kier alpha value is -1.52. The molecular weight excluding hydrogens is 233 g/mol. The summed E-state index contributed by atoms with van der Waals surface area (Å²) >= 11 is 0. The van der Waals surface area contributed by atoms with E-state index in [4.69, 9.17) is 4.74 Å². The summed E-state index contributed by atoms with van der Waals surface area (Å²) in [6.07, 6.45) is 0.251. The fourth-order valence-corrected chi connectivity index (χ4v) is 1.57. The average Bonchev–Trinajstić information content (AvgIpc) is 2.30. The van der Waals surface area contributed by atoms with Crippen molar-refractivity contribution in [1.29, 1.82) is 0 Å². The molecule has 0 aliphatic rings. The van der Waals surface area contributed by atoms with Gasteiger partial charge in [0, 0.05) is 5.56 Å². The maximum atomic E-state index is 13.5. The van der Waals surface area contributed by atoms with Crippen LogP contribution in [-0.4, -0.2) is 12.6 Å². The third-order valence-corrected chi connectivity index (χ3v) is 2.42. The van der Waals surface area contributed by atoms with E-state index in [1.807, 2.05) is 0 Å². The van der Waals surface area contributed by atoms with Crippen LogP contribution in [0.3, 0.4) is 0 Å². The van der Waals surface area contributed by atoms with Crippen LogP contribution in [-0.2, 0) is 9.53 Å². The van der Waals surface area contributed by atoms with Crippen LogP contribution >= 0.6 is 0 Å². The fourth-order valence-electron chi connectivity index (χ4n) is 1.57. The van der Waals surface area contributed by atoms with Gasteiger partial charge in [0.15, 0.2) is 17.5 Å². The Morgan fingerprint density at radius 1 is 1.24 bits per heavy atom. The van der Waals surface area contributed by atoms with Gasteiger partial charge in [0.05, 0.1) is 12.5 Å². The SMILES string of the molecule is CCOC(=O)C(CC)c1ccc(F)c(F)c1F. The van der Waals surface area contributed by atoms with Gasteiger partial charge in [-0.2, -0.15) is 0 Å². The van der Waals surface area contributed by atoms with Crippen molar-refractivity contribution in [3.05, 3.63) is 35.1 Å². The van der Waals surface area contributed by atoms with E-state index in [1.54, 1.807) is 13.8 Å². The van der Waals surface area contributed by atoms with Gasteiger partial charge in [-0.1, -0.05) is 13.0 Å². The summed E-state index contributed by atoms with van der Waals surface area (Å²) in [5.41, 5.74) is -0.176. The van der Waals surface area contributed by atoms with E-state index in [0.717, 1.165) is 12.1 Å². The predicted molar refractivity (Wildman–Crippen MR) is 56.0 cm³/mol. The molecule has 0 saturated heterocycles. The van der Waals surface area contributed by atoms with Crippen LogP contribution in [0.1, 0.15) is 31.7 Å². The van der Waals surface area contributed by atoms with Gasteiger partial charge < -0.3 is 4.74 Å². The highest BCUT2D eigenvalue weighted by molar-refractivity contribution is 5.78. The van der Waals surface area contributed by atoms with E-state index >= 15 is 0 Å². The van der Waals surface area contributed by atoms with Gasteiger partial charge in [-0.15, -0.1) is 0 Å². The Morgan fingerprint density at radius 2 is 1.88 bits per heavy atom. The molecule has 0 aromatic heterocycles. The summed E-state index contributed by atoms with van der Waals surface area (Å²) in [6, 6.07) is 1.87. The minimum Gasteiger partial charge on any atom is -0.466 e. The first-order valence-corrected chi connectivity index (χ1v) is 5.32. The number of carbonyl (C=O) groups excluding carboxylic acids is 1. The summed E-state index contributed by atoms with van der Waals surface area (Å²) in [5.74, 6) is -5.72. The zero-order valence-corrected chi connectivity index (χ0v) is 9.60. The van der Waals surface area contributed by atoms with Gasteiger partial charge in [-0.3, -0.25) is 4.79 Å². The largest absolute Gasteiger partial charge is 0.466 e. The summed E-state index contributed by atoms with van der Waals surface area (Å²) in [5, 5.41) is 0. The molecule has 0 radical (unpaired) electrons. The number of carbonyl (C=O) groups is 1. The Kier molecular flexibility index (Phi) is 4.54. The molecule has 0 bridgehead atoms. The van der Waals surface area contributed by atoms with Gasteiger partial charge in [0.1, 0.15) is 0 Å². The smallest absolute Gasteiger partial charge is 0.313 e. The molecule has 94 valence electrons. The van der Waals surface area contributed by atoms with Crippen LogP contribution in [0.15, 0.2) is 12.1 Å². The van der Waals surface area contributed by atoms with E-state index in [9.17, 15) is 18.0 Å². The van der Waals surface area contributed by atoms with E-state index in [2.05, 4.69) is 0 Å². The second kappa shape index (κ2) is 5.70. The van der Waals surface area contributed by atoms with E-state index in [-0.39, 0.29) is 18.6 Å². The second-order valence-electron chi connectivity index (χ2n) is 3.48. The molecule has 2 nitrogen and oxygen atoms in total. The first kappa shape index (κ1) is 13.5. The maximum Gasteiger partial charge on any atom is 0.313 e. The fraction of sp³-hybridized carbons (Fsp3) is 0.417. The molecule has 0 aliphatic carbocycles. The van der Waals surface area contributed by atoms with Crippen molar-refractivity contribution < 1.29 is 22.7 Å². The second-order valence-corrected chi connectivity index (χ2v) is 3.48. The maximum absolute atomic E-state index is 13.5. The normalized spacial score (nSPS) is 12.3. The number of benzene rings is 1. The van der Waals surface area contributed by atoms with E-state index < -0.39 is 29.3 Å². The van der Waals surface area contributed by atoms with Crippen molar-refractivity contribution in [2.24, 2.45) is 0 Å². The van der Waals surface area contributed by atoms with Crippen LogP contribution in [0.25, 0.3) is 0 Å². The van der Waals surface area contributed by atoms with Crippen molar-refractivity contribution in [2.45, 2.75) is 26.2 Å². The van der Waals surface area contributed by atoms with Gasteiger partial charge in [-0.25, -0.2) is 13.2 Å². The topological polar surface area (TPSA) is 26.3 Å². The summed E-state index contributed by atoms with van der Waals surface area (Å²) in [7, 11) is 0.